The molecule has 4 rings (SSSR count). The van der Waals surface area contributed by atoms with Crippen LogP contribution in [0.2, 0.25) is 0 Å². The minimum Gasteiger partial charge on any atom is -0.366 e. The maximum absolute atomic E-state index is 12.5. The number of imidazole rings is 2. The highest BCUT2D eigenvalue weighted by atomic mass is 16.1. The molecule has 1 amide bonds. The molecule has 4 aromatic rings. The number of nitrogens with two attached hydrogens (primary N) is 2. The van der Waals surface area contributed by atoms with Gasteiger partial charge >= 0.3 is 0 Å². The Labute approximate surface area is 218 Å². The van der Waals surface area contributed by atoms with E-state index < -0.39 is 11.4 Å². The van der Waals surface area contributed by atoms with Crippen LogP contribution in [-0.2, 0) is 25.2 Å². The Kier molecular flexibility index (Phi) is 8.53. The fourth-order valence-electron chi connectivity index (χ4n) is 5.18. The number of hydrogen-bond acceptors (Lipinski definition) is 5. The van der Waals surface area contributed by atoms with E-state index in [0.717, 1.165) is 59.6 Å². The lowest BCUT2D eigenvalue weighted by Gasteiger charge is -2.32. The zero-order chi connectivity index (χ0) is 26.3. The van der Waals surface area contributed by atoms with Gasteiger partial charge in [0.25, 0.3) is 0 Å². The van der Waals surface area contributed by atoms with Crippen LogP contribution in [0.1, 0.15) is 72.7 Å². The molecule has 2 heterocycles. The fraction of sp³-hybridized carbons (Fsp3) is 0.345. The molecule has 0 spiro atoms. The van der Waals surface area contributed by atoms with Crippen LogP contribution in [0.15, 0.2) is 67.3 Å². The summed E-state index contributed by atoms with van der Waals surface area (Å²) in [5, 5.41) is 0. The number of aromatic amines is 2. The number of amides is 1. The van der Waals surface area contributed by atoms with E-state index in [-0.39, 0.29) is 0 Å². The summed E-state index contributed by atoms with van der Waals surface area (Å²) in [5.74, 6) is 1.30. The Morgan fingerprint density at radius 2 is 1.51 bits per heavy atom. The summed E-state index contributed by atoms with van der Waals surface area (Å²) in [5.41, 5.74) is 16.8. The number of primary amides is 1. The number of rotatable bonds is 13. The van der Waals surface area contributed by atoms with Crippen molar-refractivity contribution in [1.29, 1.82) is 0 Å². The van der Waals surface area contributed by atoms with Crippen molar-refractivity contribution in [3.8, 4) is 11.1 Å². The average Bonchev–Trinajstić information content (AvgIpc) is 3.59. The first kappa shape index (κ1) is 26.3. The zero-order valence-electron chi connectivity index (χ0n) is 21.7. The highest BCUT2D eigenvalue weighted by molar-refractivity contribution is 6.00. The molecule has 0 aliphatic carbocycles. The SMILES string of the molecule is CCCC(N)(CCC)c1ccccc1-c1cc(CN(Cc2ncc[nH]2)Cc2ncc[nH]2)ccc1C(N)=O. The molecule has 0 radical (unpaired) electrons. The molecule has 0 atom stereocenters. The van der Waals surface area contributed by atoms with Gasteiger partial charge in [-0.1, -0.05) is 57.0 Å². The molecule has 0 fully saturated rings. The number of hydrogen-bond donors (Lipinski definition) is 4. The third-order valence-corrected chi connectivity index (χ3v) is 6.76. The maximum Gasteiger partial charge on any atom is 0.249 e. The molecule has 8 heteroatoms. The maximum atomic E-state index is 12.5. The van der Waals surface area contributed by atoms with E-state index in [1.165, 1.54) is 0 Å². The standard InChI is InChI=1S/C29H37N7O/c1-3-11-29(31,12-4-2)25-8-6-5-7-22(25)24-17-21(9-10-23(24)28(30)37)18-36(19-26-32-13-14-33-26)20-27-34-15-16-35-27/h5-10,13-17H,3-4,11-12,18-20,31H2,1-2H3,(H2,30,37)(H,32,33)(H,34,35). The minimum atomic E-state index is -0.477. The molecule has 0 aliphatic rings. The van der Waals surface area contributed by atoms with E-state index in [4.69, 9.17) is 11.5 Å². The van der Waals surface area contributed by atoms with Gasteiger partial charge in [0.2, 0.25) is 5.91 Å². The summed E-state index contributed by atoms with van der Waals surface area (Å²) < 4.78 is 0. The predicted octanol–water partition coefficient (Wildman–Crippen LogP) is 4.86. The van der Waals surface area contributed by atoms with Crippen molar-refractivity contribution >= 4 is 5.91 Å². The van der Waals surface area contributed by atoms with Crippen LogP contribution in [0.4, 0.5) is 0 Å². The Hall–Kier alpha value is -3.75. The second kappa shape index (κ2) is 12.0. The van der Waals surface area contributed by atoms with Gasteiger partial charge < -0.3 is 21.4 Å². The smallest absolute Gasteiger partial charge is 0.249 e. The first-order valence-electron chi connectivity index (χ1n) is 12.9. The van der Waals surface area contributed by atoms with Gasteiger partial charge in [-0.2, -0.15) is 0 Å². The first-order valence-corrected chi connectivity index (χ1v) is 12.9. The van der Waals surface area contributed by atoms with Gasteiger partial charge in [-0.25, -0.2) is 9.97 Å². The van der Waals surface area contributed by atoms with E-state index in [0.29, 0.717) is 25.2 Å². The quantitative estimate of drug-likeness (QED) is 0.209. The highest BCUT2D eigenvalue weighted by Crippen LogP contribution is 2.38. The Morgan fingerprint density at radius 3 is 2.05 bits per heavy atom. The third kappa shape index (κ3) is 6.34. The third-order valence-electron chi connectivity index (χ3n) is 6.76. The van der Waals surface area contributed by atoms with E-state index in [1.807, 2.05) is 36.7 Å². The largest absolute Gasteiger partial charge is 0.366 e. The number of nitrogens with one attached hydrogen (secondary N) is 2. The lowest BCUT2D eigenvalue weighted by Crippen LogP contribution is -2.37. The topological polar surface area (TPSA) is 130 Å². The minimum absolute atomic E-state index is 0.451. The normalized spacial score (nSPS) is 11.8. The molecule has 2 aromatic carbocycles. The molecular formula is C29H37N7O. The van der Waals surface area contributed by atoms with Gasteiger partial charge in [-0.05, 0) is 47.2 Å². The van der Waals surface area contributed by atoms with Crippen molar-refractivity contribution in [2.24, 2.45) is 11.5 Å². The van der Waals surface area contributed by atoms with E-state index in [9.17, 15) is 4.79 Å². The number of aromatic nitrogens is 4. The molecule has 2 aromatic heterocycles. The predicted molar refractivity (Wildman–Crippen MR) is 146 cm³/mol. The van der Waals surface area contributed by atoms with Crippen LogP contribution in [0, 0.1) is 0 Å². The van der Waals surface area contributed by atoms with Crippen LogP contribution < -0.4 is 11.5 Å². The zero-order valence-corrected chi connectivity index (χ0v) is 21.7. The summed E-state index contributed by atoms with van der Waals surface area (Å²) >= 11 is 0. The van der Waals surface area contributed by atoms with Crippen molar-refractivity contribution in [1.82, 2.24) is 24.8 Å². The van der Waals surface area contributed by atoms with Gasteiger partial charge in [-0.3, -0.25) is 9.69 Å². The Bertz CT molecular complexity index is 1240. The molecule has 0 saturated heterocycles. The summed E-state index contributed by atoms with van der Waals surface area (Å²) in [4.78, 5) is 29.9. The second-order valence-electron chi connectivity index (χ2n) is 9.66. The molecule has 37 heavy (non-hydrogen) atoms. The number of nitrogens with zero attached hydrogens (tertiary/aromatic N) is 3. The number of carbonyl (C=O) groups excluding carboxylic acids is 1. The summed E-state index contributed by atoms with van der Waals surface area (Å²) in [6.07, 6.45) is 10.8. The van der Waals surface area contributed by atoms with E-state index >= 15 is 0 Å². The lowest BCUT2D eigenvalue weighted by molar-refractivity contribution is 0.100. The van der Waals surface area contributed by atoms with E-state index in [2.05, 4.69) is 56.9 Å². The van der Waals surface area contributed by atoms with Crippen molar-refractivity contribution < 1.29 is 4.79 Å². The molecule has 0 bridgehead atoms. The summed E-state index contributed by atoms with van der Waals surface area (Å²) in [6, 6.07) is 14.0. The number of H-pyrrole nitrogens is 2. The van der Waals surface area contributed by atoms with Crippen LogP contribution in [0.3, 0.4) is 0 Å². The Balaban J connectivity index is 1.74. The van der Waals surface area contributed by atoms with Crippen molar-refractivity contribution in [3.05, 3.63) is 95.6 Å². The molecule has 194 valence electrons. The highest BCUT2D eigenvalue weighted by Gasteiger charge is 2.29. The first-order chi connectivity index (χ1) is 17.9. The molecular weight excluding hydrogens is 462 g/mol. The lowest BCUT2D eigenvalue weighted by atomic mass is 9.78. The van der Waals surface area contributed by atoms with Crippen molar-refractivity contribution in [2.75, 3.05) is 0 Å². The van der Waals surface area contributed by atoms with Crippen LogP contribution in [-0.4, -0.2) is 30.7 Å². The average molecular weight is 500 g/mol. The molecule has 6 N–H and O–H groups in total. The second-order valence-corrected chi connectivity index (χ2v) is 9.66. The van der Waals surface area contributed by atoms with Gasteiger partial charge in [0, 0.05) is 42.4 Å². The van der Waals surface area contributed by atoms with Gasteiger partial charge in [0.05, 0.1) is 13.1 Å². The van der Waals surface area contributed by atoms with Crippen molar-refractivity contribution in [2.45, 2.75) is 64.7 Å². The van der Waals surface area contributed by atoms with Gasteiger partial charge in [0.15, 0.2) is 0 Å². The monoisotopic (exact) mass is 499 g/mol. The van der Waals surface area contributed by atoms with Gasteiger partial charge in [-0.15, -0.1) is 0 Å². The molecule has 0 aliphatic heterocycles. The van der Waals surface area contributed by atoms with Crippen LogP contribution in [0.5, 0.6) is 0 Å². The number of carbonyl (C=O) groups is 1. The van der Waals surface area contributed by atoms with Crippen LogP contribution >= 0.6 is 0 Å². The summed E-state index contributed by atoms with van der Waals surface area (Å²) in [7, 11) is 0. The fourth-order valence-corrected chi connectivity index (χ4v) is 5.18. The van der Waals surface area contributed by atoms with Crippen molar-refractivity contribution in [3.63, 3.8) is 0 Å². The van der Waals surface area contributed by atoms with Crippen LogP contribution in [0.25, 0.3) is 11.1 Å². The molecule has 8 nitrogen and oxygen atoms in total. The molecule has 0 unspecified atom stereocenters. The number of benzene rings is 2. The van der Waals surface area contributed by atoms with E-state index in [1.54, 1.807) is 12.4 Å². The summed E-state index contributed by atoms with van der Waals surface area (Å²) in [6.45, 7) is 6.18. The van der Waals surface area contributed by atoms with Gasteiger partial charge in [0.1, 0.15) is 11.6 Å². The molecule has 0 saturated carbocycles. The Morgan fingerprint density at radius 1 is 0.892 bits per heavy atom.